The number of hydrogen-bond donors (Lipinski definition) is 0. The van der Waals surface area contributed by atoms with Crippen LogP contribution in [0.1, 0.15) is 32.6 Å². The molecular formula is C24H25F3N4O2. The van der Waals surface area contributed by atoms with E-state index in [-0.39, 0.29) is 37.1 Å². The number of carbonyl (C=O) groups excluding carboxylic acids is 2. The van der Waals surface area contributed by atoms with Crippen molar-refractivity contribution < 1.29 is 22.8 Å². The Labute approximate surface area is 190 Å². The third-order valence-corrected chi connectivity index (χ3v) is 5.63. The van der Waals surface area contributed by atoms with Gasteiger partial charge in [-0.15, -0.1) is 0 Å². The van der Waals surface area contributed by atoms with Gasteiger partial charge in [0.15, 0.2) is 0 Å². The van der Waals surface area contributed by atoms with Crippen molar-refractivity contribution >= 4 is 17.5 Å². The summed E-state index contributed by atoms with van der Waals surface area (Å²) in [5.41, 5.74) is 1.07. The average molecular weight is 458 g/mol. The van der Waals surface area contributed by atoms with Crippen LogP contribution in [0.5, 0.6) is 0 Å². The molecule has 0 bridgehead atoms. The van der Waals surface area contributed by atoms with Crippen LogP contribution < -0.4 is 4.90 Å². The van der Waals surface area contributed by atoms with Crippen LogP contribution in [0.3, 0.4) is 0 Å². The lowest BCUT2D eigenvalue weighted by atomic mass is 10.0. The van der Waals surface area contributed by atoms with Crippen LogP contribution in [0.25, 0.3) is 0 Å². The topological polar surface area (TPSA) is 67.6 Å². The van der Waals surface area contributed by atoms with E-state index in [1.165, 1.54) is 15.9 Å². The summed E-state index contributed by atoms with van der Waals surface area (Å²) < 4.78 is 40.3. The van der Waals surface area contributed by atoms with Crippen molar-refractivity contribution in [3.05, 3.63) is 64.2 Å². The molecule has 0 N–H and O–H groups in total. The highest BCUT2D eigenvalue weighted by Gasteiger charge is 2.38. The van der Waals surface area contributed by atoms with E-state index in [2.05, 4.69) is 0 Å². The predicted molar refractivity (Wildman–Crippen MR) is 118 cm³/mol. The molecule has 1 fully saturated rings. The number of aryl methyl sites for hydroxylation is 2. The molecule has 1 aliphatic heterocycles. The Morgan fingerprint density at radius 1 is 1.06 bits per heavy atom. The number of alkyl halides is 3. The van der Waals surface area contributed by atoms with Gasteiger partial charge in [0.2, 0.25) is 5.91 Å². The molecular weight excluding hydrogens is 433 g/mol. The summed E-state index contributed by atoms with van der Waals surface area (Å²) in [6, 6.07) is 9.66. The van der Waals surface area contributed by atoms with E-state index in [0.717, 1.165) is 23.3 Å². The molecule has 9 heteroatoms. The first kappa shape index (κ1) is 24.1. The second kappa shape index (κ2) is 9.14. The van der Waals surface area contributed by atoms with Gasteiger partial charge in [-0.05, 0) is 44.2 Å². The molecule has 2 aromatic rings. The zero-order valence-corrected chi connectivity index (χ0v) is 18.9. The van der Waals surface area contributed by atoms with E-state index in [4.69, 9.17) is 5.26 Å². The fourth-order valence-electron chi connectivity index (χ4n) is 4.09. The van der Waals surface area contributed by atoms with Gasteiger partial charge in [-0.3, -0.25) is 9.59 Å². The fourth-order valence-corrected chi connectivity index (χ4v) is 4.09. The number of benzene rings is 2. The second-order valence-electron chi connectivity index (χ2n) is 8.41. The Kier molecular flexibility index (Phi) is 6.68. The van der Waals surface area contributed by atoms with Gasteiger partial charge in [-0.25, -0.2) is 0 Å². The molecule has 1 saturated heterocycles. The van der Waals surface area contributed by atoms with E-state index in [1.54, 1.807) is 37.2 Å². The Morgan fingerprint density at radius 2 is 1.70 bits per heavy atom. The largest absolute Gasteiger partial charge is 0.417 e. The Hall–Kier alpha value is -3.54. The summed E-state index contributed by atoms with van der Waals surface area (Å²) in [6.07, 6.45) is -4.68. The Bertz CT molecular complexity index is 1100. The zero-order chi connectivity index (χ0) is 24.5. The zero-order valence-electron chi connectivity index (χ0n) is 18.9. The summed E-state index contributed by atoms with van der Waals surface area (Å²) in [5, 5.41) is 9.04. The summed E-state index contributed by atoms with van der Waals surface area (Å²) in [5.74, 6) is -0.612. The lowest BCUT2D eigenvalue weighted by molar-refractivity contribution is -0.138. The van der Waals surface area contributed by atoms with Gasteiger partial charge in [0.25, 0.3) is 5.91 Å². The summed E-state index contributed by atoms with van der Waals surface area (Å²) in [6.45, 7) is 4.21. The highest BCUT2D eigenvalue weighted by Crippen LogP contribution is 2.35. The lowest BCUT2D eigenvalue weighted by Gasteiger charge is -2.42. The van der Waals surface area contributed by atoms with Crippen LogP contribution in [0.4, 0.5) is 18.9 Å². The maximum atomic E-state index is 13.4. The normalized spacial score (nSPS) is 16.4. The predicted octanol–water partition coefficient (Wildman–Crippen LogP) is 3.61. The minimum absolute atomic E-state index is 0.0384. The molecule has 3 rings (SSSR count). The molecule has 1 heterocycles. The van der Waals surface area contributed by atoms with E-state index in [0.29, 0.717) is 5.56 Å². The molecule has 6 nitrogen and oxygen atoms in total. The standard InChI is InChI=1S/C24H25F3N4O2/c1-15-9-16(2)11-18(10-15)22(32)31-8-7-30(14-21(31)23(33)29(3)4)19-6-5-17(13-28)20(12-19)24(25,26)27/h5-6,9-12,21H,7-8,14H2,1-4H3. The number of piperazine rings is 1. The number of amides is 2. The number of nitriles is 1. The number of hydrogen-bond acceptors (Lipinski definition) is 4. The van der Waals surface area contributed by atoms with Crippen molar-refractivity contribution in [2.45, 2.75) is 26.1 Å². The summed E-state index contributed by atoms with van der Waals surface area (Å²) >= 11 is 0. The fraction of sp³-hybridized carbons (Fsp3) is 0.375. The molecule has 1 unspecified atom stereocenters. The highest BCUT2D eigenvalue weighted by molar-refractivity contribution is 5.98. The first-order chi connectivity index (χ1) is 15.4. The molecule has 174 valence electrons. The first-order valence-corrected chi connectivity index (χ1v) is 10.4. The minimum Gasteiger partial charge on any atom is -0.367 e. The highest BCUT2D eigenvalue weighted by atomic mass is 19.4. The maximum absolute atomic E-state index is 13.4. The SMILES string of the molecule is Cc1cc(C)cc(C(=O)N2CCN(c3ccc(C#N)c(C(F)(F)F)c3)CC2C(=O)N(C)C)c1. The van der Waals surface area contributed by atoms with Gasteiger partial charge in [0, 0.05) is 45.0 Å². The number of anilines is 1. The number of halogens is 3. The molecule has 33 heavy (non-hydrogen) atoms. The smallest absolute Gasteiger partial charge is 0.367 e. The van der Waals surface area contributed by atoms with Crippen molar-refractivity contribution in [1.82, 2.24) is 9.80 Å². The van der Waals surface area contributed by atoms with E-state index < -0.39 is 23.3 Å². The third-order valence-electron chi connectivity index (χ3n) is 5.63. The van der Waals surface area contributed by atoms with Crippen LogP contribution >= 0.6 is 0 Å². The molecule has 1 aliphatic rings. The van der Waals surface area contributed by atoms with Gasteiger partial charge >= 0.3 is 6.18 Å². The molecule has 2 aromatic carbocycles. The van der Waals surface area contributed by atoms with E-state index in [9.17, 15) is 22.8 Å². The quantitative estimate of drug-likeness (QED) is 0.705. The van der Waals surface area contributed by atoms with Crippen molar-refractivity contribution in [2.24, 2.45) is 0 Å². The monoisotopic (exact) mass is 458 g/mol. The van der Waals surface area contributed by atoms with Crippen molar-refractivity contribution in [3.63, 3.8) is 0 Å². The van der Waals surface area contributed by atoms with E-state index in [1.807, 2.05) is 19.9 Å². The van der Waals surface area contributed by atoms with Gasteiger partial charge < -0.3 is 14.7 Å². The maximum Gasteiger partial charge on any atom is 0.417 e. The van der Waals surface area contributed by atoms with Crippen LogP contribution in [0.2, 0.25) is 0 Å². The number of carbonyl (C=O) groups is 2. The molecule has 0 spiro atoms. The molecule has 2 amide bonds. The summed E-state index contributed by atoms with van der Waals surface area (Å²) in [4.78, 5) is 30.8. The number of rotatable bonds is 3. The summed E-state index contributed by atoms with van der Waals surface area (Å²) in [7, 11) is 3.15. The Balaban J connectivity index is 1.95. The number of nitrogens with zero attached hydrogens (tertiary/aromatic N) is 4. The van der Waals surface area contributed by atoms with Gasteiger partial charge in [-0.1, -0.05) is 17.2 Å². The van der Waals surface area contributed by atoms with E-state index >= 15 is 0 Å². The average Bonchev–Trinajstić information content (AvgIpc) is 2.75. The minimum atomic E-state index is -4.68. The molecule has 0 radical (unpaired) electrons. The van der Waals surface area contributed by atoms with Crippen LogP contribution in [0.15, 0.2) is 36.4 Å². The molecule has 0 saturated carbocycles. The Morgan fingerprint density at radius 3 is 2.24 bits per heavy atom. The van der Waals surface area contributed by atoms with Crippen LogP contribution in [-0.4, -0.2) is 61.4 Å². The third kappa shape index (κ3) is 5.11. The van der Waals surface area contributed by atoms with Crippen molar-refractivity contribution in [1.29, 1.82) is 5.26 Å². The molecule has 1 atom stereocenters. The van der Waals surface area contributed by atoms with Crippen molar-refractivity contribution in [3.8, 4) is 6.07 Å². The number of likely N-dealkylation sites (N-methyl/N-ethyl adjacent to an activating group) is 1. The van der Waals surface area contributed by atoms with Gasteiger partial charge in [-0.2, -0.15) is 18.4 Å². The van der Waals surface area contributed by atoms with Crippen LogP contribution in [-0.2, 0) is 11.0 Å². The van der Waals surface area contributed by atoms with Gasteiger partial charge in [0.05, 0.1) is 17.2 Å². The second-order valence-corrected chi connectivity index (χ2v) is 8.41. The molecule has 0 aliphatic carbocycles. The first-order valence-electron chi connectivity index (χ1n) is 10.4. The van der Waals surface area contributed by atoms with Gasteiger partial charge in [0.1, 0.15) is 6.04 Å². The van der Waals surface area contributed by atoms with Crippen molar-refractivity contribution in [2.75, 3.05) is 38.6 Å². The molecule has 0 aromatic heterocycles. The lowest BCUT2D eigenvalue weighted by Crippen LogP contribution is -2.60. The van der Waals surface area contributed by atoms with Crippen LogP contribution in [0, 0.1) is 25.2 Å².